The number of nitrogens with zero attached hydrogens (tertiary/aromatic N) is 4. The highest BCUT2D eigenvalue weighted by Crippen LogP contribution is 2.48. The smallest absolute Gasteiger partial charge is 0.197 e. The third-order valence-corrected chi connectivity index (χ3v) is 5.21. The maximum Gasteiger partial charge on any atom is 0.197 e. The maximum absolute atomic E-state index is 13.0. The first kappa shape index (κ1) is 15.1. The van der Waals surface area contributed by atoms with Crippen LogP contribution in [-0.4, -0.2) is 25.7 Å². The fraction of sp³-hybridized carbons (Fsp3) is 0. The van der Waals surface area contributed by atoms with Gasteiger partial charge in [0, 0.05) is 58.2 Å². The van der Waals surface area contributed by atoms with E-state index in [1.54, 1.807) is 36.9 Å². The largest absolute Gasteiger partial charge is 0.288 e. The van der Waals surface area contributed by atoms with E-state index in [0.717, 1.165) is 33.7 Å². The summed E-state index contributed by atoms with van der Waals surface area (Å²) in [6.07, 6.45) is 6.96. The van der Waals surface area contributed by atoms with Crippen LogP contribution in [0.5, 0.6) is 0 Å². The van der Waals surface area contributed by atoms with Gasteiger partial charge >= 0.3 is 0 Å². The number of rotatable bonds is 0. The Balaban J connectivity index is 1.83. The van der Waals surface area contributed by atoms with Gasteiger partial charge in [0.1, 0.15) is 0 Å². The van der Waals surface area contributed by atoms with Crippen LogP contribution in [0.2, 0.25) is 0 Å². The summed E-state index contributed by atoms with van der Waals surface area (Å²) in [7, 11) is 0. The van der Waals surface area contributed by atoms with E-state index in [9.17, 15) is 4.79 Å². The Morgan fingerprint density at radius 1 is 0.464 bits per heavy atom. The molecule has 0 unspecified atom stereocenters. The van der Waals surface area contributed by atoms with Crippen LogP contribution in [0, 0.1) is 0 Å². The van der Waals surface area contributed by atoms with E-state index in [1.165, 1.54) is 0 Å². The predicted molar refractivity (Wildman–Crippen MR) is 104 cm³/mol. The van der Waals surface area contributed by atoms with Crippen molar-refractivity contribution >= 4 is 16.9 Å². The van der Waals surface area contributed by atoms with Crippen molar-refractivity contribution in [3.05, 3.63) is 107 Å². The lowest BCUT2D eigenvalue weighted by Crippen LogP contribution is -2.18. The monoisotopic (exact) mass is 360 g/mol. The Kier molecular flexibility index (Phi) is 2.97. The van der Waals surface area contributed by atoms with Crippen LogP contribution in [-0.2, 0) is 0 Å². The maximum atomic E-state index is 13.0. The van der Waals surface area contributed by atoms with E-state index < -0.39 is 0 Å². The molecule has 0 atom stereocenters. The molecule has 0 spiro atoms. The number of hydrogen-bond donors (Lipinski definition) is 0. The van der Waals surface area contributed by atoms with Crippen LogP contribution in [0.4, 0.5) is 0 Å². The Morgan fingerprint density at radius 3 is 1.18 bits per heavy atom. The molecule has 130 valence electrons. The quantitative estimate of drug-likeness (QED) is 0.412. The molecule has 0 aliphatic heterocycles. The number of ketones is 1. The topological polar surface area (TPSA) is 68.6 Å². The van der Waals surface area contributed by atoms with Crippen molar-refractivity contribution in [3.8, 4) is 11.1 Å². The van der Waals surface area contributed by atoms with Crippen LogP contribution >= 0.6 is 0 Å². The number of aromatic nitrogens is 4. The normalized spacial score (nSPS) is 13.6. The van der Waals surface area contributed by atoms with E-state index in [4.69, 9.17) is 0 Å². The second-order valence-corrected chi connectivity index (χ2v) is 6.68. The van der Waals surface area contributed by atoms with Gasteiger partial charge in [-0.2, -0.15) is 0 Å². The average molecular weight is 360 g/mol. The number of fused-ring (bicyclic) bond motifs is 5. The number of carbonyl (C=O) groups excluding carboxylic acids is 1. The van der Waals surface area contributed by atoms with Crippen molar-refractivity contribution in [2.45, 2.75) is 0 Å². The second kappa shape index (κ2) is 5.50. The molecule has 4 heterocycles. The molecule has 4 aromatic heterocycles. The highest BCUT2D eigenvalue weighted by Gasteiger charge is 2.36. The number of hydrogen-bond acceptors (Lipinski definition) is 5. The summed E-state index contributed by atoms with van der Waals surface area (Å²) in [4.78, 5) is 31.5. The molecule has 2 aliphatic carbocycles. The minimum Gasteiger partial charge on any atom is -0.288 e. The molecule has 0 radical (unpaired) electrons. The first-order valence-electron chi connectivity index (χ1n) is 8.95. The summed E-state index contributed by atoms with van der Waals surface area (Å²) in [6, 6.07) is 15.1. The van der Waals surface area contributed by atoms with E-state index >= 15 is 0 Å². The zero-order valence-corrected chi connectivity index (χ0v) is 14.6. The van der Waals surface area contributed by atoms with Crippen LogP contribution in [0.15, 0.2) is 73.3 Å². The minimum atomic E-state index is -0.0592. The van der Waals surface area contributed by atoms with Gasteiger partial charge in [-0.25, -0.2) is 0 Å². The zero-order valence-electron chi connectivity index (χ0n) is 14.6. The van der Waals surface area contributed by atoms with Crippen molar-refractivity contribution < 1.29 is 4.79 Å². The third-order valence-electron chi connectivity index (χ3n) is 5.21. The van der Waals surface area contributed by atoms with Gasteiger partial charge < -0.3 is 0 Å². The van der Waals surface area contributed by atoms with Crippen LogP contribution in [0.25, 0.3) is 22.3 Å². The molecule has 0 bridgehead atoms. The lowest BCUT2D eigenvalue weighted by atomic mass is 9.84. The molecule has 6 rings (SSSR count). The third kappa shape index (κ3) is 1.87. The summed E-state index contributed by atoms with van der Waals surface area (Å²) in [6.45, 7) is 0. The average Bonchev–Trinajstić information content (AvgIpc) is 3.09. The number of pyridine rings is 4. The molecule has 0 amide bonds. The highest BCUT2D eigenvalue weighted by molar-refractivity contribution is 6.22. The van der Waals surface area contributed by atoms with Crippen molar-refractivity contribution in [2.75, 3.05) is 0 Å². The van der Waals surface area contributed by atoms with Gasteiger partial charge in [0.2, 0.25) is 0 Å². The summed E-state index contributed by atoms with van der Waals surface area (Å²) in [5, 5.41) is 0. The van der Waals surface area contributed by atoms with Gasteiger partial charge in [-0.15, -0.1) is 0 Å². The zero-order chi connectivity index (χ0) is 18.7. The molecule has 0 saturated carbocycles. The van der Waals surface area contributed by atoms with Gasteiger partial charge in [0.25, 0.3) is 0 Å². The van der Waals surface area contributed by atoms with Crippen LogP contribution < -0.4 is 0 Å². The van der Waals surface area contributed by atoms with E-state index in [-0.39, 0.29) is 5.78 Å². The van der Waals surface area contributed by atoms with Crippen LogP contribution in [0.1, 0.15) is 38.7 Å². The summed E-state index contributed by atoms with van der Waals surface area (Å²) in [5.74, 6) is -0.0592. The fourth-order valence-corrected chi connectivity index (χ4v) is 4.06. The predicted octanol–water partition coefficient (Wildman–Crippen LogP) is 3.80. The van der Waals surface area contributed by atoms with Crippen LogP contribution in [0.3, 0.4) is 0 Å². The standard InChI is InChI=1S/C23H12N4O/c28-23-15-7-3-11-26-21(15)18(22-16(23)8-4-12-27-22)17-19-13(5-1-9-24-19)14-6-2-10-25-20(14)17/h1-12H. The Morgan fingerprint density at radius 2 is 0.786 bits per heavy atom. The van der Waals surface area contributed by atoms with Crippen molar-refractivity contribution in [1.82, 2.24) is 19.9 Å². The first-order valence-corrected chi connectivity index (χ1v) is 8.95. The van der Waals surface area contributed by atoms with Gasteiger partial charge in [-0.05, 0) is 36.4 Å². The highest BCUT2D eigenvalue weighted by atomic mass is 16.1. The molecule has 28 heavy (non-hydrogen) atoms. The molecular formula is C23H12N4O. The van der Waals surface area contributed by atoms with E-state index in [1.807, 2.05) is 36.4 Å². The molecule has 5 nitrogen and oxygen atoms in total. The van der Waals surface area contributed by atoms with E-state index in [2.05, 4.69) is 19.9 Å². The number of carbonyl (C=O) groups is 1. The summed E-state index contributed by atoms with van der Waals surface area (Å²) >= 11 is 0. The molecule has 0 saturated heterocycles. The fourth-order valence-electron chi connectivity index (χ4n) is 4.06. The van der Waals surface area contributed by atoms with E-state index in [0.29, 0.717) is 22.5 Å². The van der Waals surface area contributed by atoms with Gasteiger partial charge in [0.15, 0.2) is 5.78 Å². The van der Waals surface area contributed by atoms with Crippen molar-refractivity contribution in [2.24, 2.45) is 0 Å². The SMILES string of the molecule is O=C1c2cccnc2C(=C2c3ncccc3-c3cccnc32)c2ncccc21. The summed E-state index contributed by atoms with van der Waals surface area (Å²) < 4.78 is 0. The second-order valence-electron chi connectivity index (χ2n) is 6.68. The Bertz CT molecular complexity index is 1240. The van der Waals surface area contributed by atoms with Crippen molar-refractivity contribution in [3.63, 3.8) is 0 Å². The molecule has 5 heteroatoms. The Labute approximate surface area is 160 Å². The Hall–Kier alpha value is -3.99. The lowest BCUT2D eigenvalue weighted by molar-refractivity contribution is 0.103. The minimum absolute atomic E-state index is 0.0592. The summed E-state index contributed by atoms with van der Waals surface area (Å²) in [5.41, 5.74) is 7.83. The first-order chi connectivity index (χ1) is 13.8. The molecule has 4 aromatic rings. The molecule has 0 aromatic carbocycles. The molecular weight excluding hydrogens is 348 g/mol. The van der Waals surface area contributed by atoms with Gasteiger partial charge in [-0.3, -0.25) is 24.7 Å². The molecule has 0 N–H and O–H groups in total. The lowest BCUT2D eigenvalue weighted by Gasteiger charge is -2.21. The van der Waals surface area contributed by atoms with Gasteiger partial charge in [-0.1, -0.05) is 12.1 Å². The molecule has 2 aliphatic rings. The molecule has 0 fully saturated rings. The van der Waals surface area contributed by atoms with Crippen molar-refractivity contribution in [1.29, 1.82) is 0 Å². The van der Waals surface area contributed by atoms with Gasteiger partial charge in [0.05, 0.1) is 22.8 Å².